The lowest BCUT2D eigenvalue weighted by Gasteiger charge is -2.35. The number of piperazine rings is 1. The van der Waals surface area contributed by atoms with Gasteiger partial charge < -0.3 is 14.4 Å². The Morgan fingerprint density at radius 2 is 1.67 bits per heavy atom. The quantitative estimate of drug-likeness (QED) is 0.867. The summed E-state index contributed by atoms with van der Waals surface area (Å²) in [5, 5.41) is 8.33. The molecule has 1 aliphatic heterocycles. The molecule has 0 unspecified atom stereocenters. The van der Waals surface area contributed by atoms with Gasteiger partial charge in [0.1, 0.15) is 5.82 Å². The van der Waals surface area contributed by atoms with Gasteiger partial charge in [0.25, 0.3) is 5.91 Å². The van der Waals surface area contributed by atoms with Gasteiger partial charge in [0.2, 0.25) is 5.95 Å². The molecule has 0 saturated carbocycles. The highest BCUT2D eigenvalue weighted by Gasteiger charge is 2.24. The predicted molar refractivity (Wildman–Crippen MR) is 94.4 cm³/mol. The van der Waals surface area contributed by atoms with Crippen molar-refractivity contribution in [3.8, 4) is 0 Å². The molecule has 1 saturated heterocycles. The van der Waals surface area contributed by atoms with E-state index in [2.05, 4.69) is 41.1 Å². The van der Waals surface area contributed by atoms with E-state index in [9.17, 15) is 4.79 Å². The second-order valence-electron chi connectivity index (χ2n) is 6.66. The number of carbonyl (C=O) groups is 1. The van der Waals surface area contributed by atoms with Gasteiger partial charge in [0.05, 0.1) is 0 Å². The van der Waals surface area contributed by atoms with Gasteiger partial charge in [-0.1, -0.05) is 26.0 Å². The number of anilines is 1. The largest absolute Gasteiger partial charge is 0.337 e. The molecule has 0 aliphatic carbocycles. The number of nitrogens with zero attached hydrogens (tertiary/aromatic N) is 5. The second kappa shape index (κ2) is 6.63. The Morgan fingerprint density at radius 1 is 1.04 bits per heavy atom. The summed E-state index contributed by atoms with van der Waals surface area (Å²) in [5.74, 6) is 2.36. The van der Waals surface area contributed by atoms with Gasteiger partial charge in [-0.25, -0.2) is 0 Å². The van der Waals surface area contributed by atoms with Crippen LogP contribution < -0.4 is 4.90 Å². The topological polar surface area (TPSA) is 54.3 Å². The molecule has 128 valence electrons. The zero-order chi connectivity index (χ0) is 17.3. The first kappa shape index (κ1) is 16.5. The third kappa shape index (κ3) is 3.13. The molecule has 6 heteroatoms. The highest BCUT2D eigenvalue weighted by atomic mass is 16.2. The predicted octanol–water partition coefficient (Wildman–Crippen LogP) is 2.21. The molecule has 1 aromatic carbocycles. The van der Waals surface area contributed by atoms with Crippen molar-refractivity contribution >= 4 is 11.9 Å². The summed E-state index contributed by atoms with van der Waals surface area (Å²) in [6.45, 7) is 9.22. The Bertz CT molecular complexity index is 712. The molecule has 1 fully saturated rings. The first-order valence-corrected chi connectivity index (χ1v) is 8.47. The van der Waals surface area contributed by atoms with E-state index in [0.717, 1.165) is 30.4 Å². The van der Waals surface area contributed by atoms with Crippen molar-refractivity contribution in [1.29, 1.82) is 0 Å². The molecule has 0 bridgehead atoms. The molecule has 0 N–H and O–H groups in total. The fourth-order valence-electron chi connectivity index (χ4n) is 2.97. The molecule has 0 radical (unpaired) electrons. The van der Waals surface area contributed by atoms with Crippen LogP contribution in [0.25, 0.3) is 0 Å². The maximum Gasteiger partial charge on any atom is 0.253 e. The van der Waals surface area contributed by atoms with E-state index in [-0.39, 0.29) is 5.91 Å². The summed E-state index contributed by atoms with van der Waals surface area (Å²) < 4.78 is 1.99. The molecule has 2 aromatic rings. The van der Waals surface area contributed by atoms with E-state index in [4.69, 9.17) is 0 Å². The Labute approximate surface area is 143 Å². The molecular weight excluding hydrogens is 302 g/mol. The van der Waals surface area contributed by atoms with Crippen LogP contribution in [0.2, 0.25) is 0 Å². The summed E-state index contributed by atoms with van der Waals surface area (Å²) >= 11 is 0. The fourth-order valence-corrected chi connectivity index (χ4v) is 2.97. The Balaban J connectivity index is 1.63. The molecule has 0 atom stereocenters. The summed E-state index contributed by atoms with van der Waals surface area (Å²) in [6.07, 6.45) is 0. The number of benzene rings is 1. The van der Waals surface area contributed by atoms with Crippen LogP contribution in [0.1, 0.15) is 41.5 Å². The molecule has 1 aromatic heterocycles. The normalized spacial score (nSPS) is 15.2. The van der Waals surface area contributed by atoms with E-state index in [1.165, 1.54) is 5.56 Å². The van der Waals surface area contributed by atoms with E-state index >= 15 is 0 Å². The van der Waals surface area contributed by atoms with Gasteiger partial charge in [-0.2, -0.15) is 0 Å². The maximum absolute atomic E-state index is 12.7. The van der Waals surface area contributed by atoms with Gasteiger partial charge in [-0.3, -0.25) is 4.79 Å². The van der Waals surface area contributed by atoms with Gasteiger partial charge in [0, 0.05) is 38.8 Å². The van der Waals surface area contributed by atoms with Crippen LogP contribution in [-0.2, 0) is 7.05 Å². The van der Waals surface area contributed by atoms with E-state index in [1.807, 2.05) is 35.6 Å². The SMILES string of the molecule is Cc1nnc(N2CCN(C(=O)c3ccc(C(C)C)cc3)CC2)n1C. The first-order chi connectivity index (χ1) is 11.5. The van der Waals surface area contributed by atoms with Crippen molar-refractivity contribution in [2.24, 2.45) is 7.05 Å². The Morgan fingerprint density at radius 3 is 2.17 bits per heavy atom. The fraction of sp³-hybridized carbons (Fsp3) is 0.500. The van der Waals surface area contributed by atoms with Crippen LogP contribution in [0.3, 0.4) is 0 Å². The van der Waals surface area contributed by atoms with Crippen LogP contribution in [0, 0.1) is 6.92 Å². The van der Waals surface area contributed by atoms with Crippen LogP contribution in [0.15, 0.2) is 24.3 Å². The van der Waals surface area contributed by atoms with Gasteiger partial charge >= 0.3 is 0 Å². The zero-order valence-corrected chi connectivity index (χ0v) is 14.9. The molecule has 2 heterocycles. The highest BCUT2D eigenvalue weighted by Crippen LogP contribution is 2.18. The molecule has 1 amide bonds. The van der Waals surface area contributed by atoms with Crippen LogP contribution in [0.5, 0.6) is 0 Å². The lowest BCUT2D eigenvalue weighted by molar-refractivity contribution is 0.0746. The smallest absolute Gasteiger partial charge is 0.253 e. The third-order valence-electron chi connectivity index (χ3n) is 4.74. The number of carbonyl (C=O) groups excluding carboxylic acids is 1. The van der Waals surface area contributed by atoms with Crippen molar-refractivity contribution in [3.05, 3.63) is 41.2 Å². The summed E-state index contributed by atoms with van der Waals surface area (Å²) in [5.41, 5.74) is 2.02. The minimum Gasteiger partial charge on any atom is -0.337 e. The van der Waals surface area contributed by atoms with Crippen LogP contribution in [0.4, 0.5) is 5.95 Å². The average molecular weight is 327 g/mol. The number of hydrogen-bond acceptors (Lipinski definition) is 4. The van der Waals surface area contributed by atoms with E-state index in [1.54, 1.807) is 0 Å². The first-order valence-electron chi connectivity index (χ1n) is 8.47. The summed E-state index contributed by atoms with van der Waals surface area (Å²) in [4.78, 5) is 16.8. The summed E-state index contributed by atoms with van der Waals surface area (Å²) in [6, 6.07) is 7.99. The number of aromatic nitrogens is 3. The van der Waals surface area contributed by atoms with Gasteiger partial charge in [-0.05, 0) is 30.5 Å². The summed E-state index contributed by atoms with van der Waals surface area (Å²) in [7, 11) is 1.97. The Hall–Kier alpha value is -2.37. The number of hydrogen-bond donors (Lipinski definition) is 0. The van der Waals surface area contributed by atoms with Crippen molar-refractivity contribution in [2.75, 3.05) is 31.1 Å². The molecule has 6 nitrogen and oxygen atoms in total. The molecule has 3 rings (SSSR count). The van der Waals surface area contributed by atoms with Crippen LogP contribution in [-0.4, -0.2) is 51.8 Å². The molecule has 24 heavy (non-hydrogen) atoms. The van der Waals surface area contributed by atoms with Gasteiger partial charge in [-0.15, -0.1) is 10.2 Å². The minimum absolute atomic E-state index is 0.110. The monoisotopic (exact) mass is 327 g/mol. The number of rotatable bonds is 3. The zero-order valence-electron chi connectivity index (χ0n) is 14.9. The van der Waals surface area contributed by atoms with E-state index in [0.29, 0.717) is 19.0 Å². The second-order valence-corrected chi connectivity index (χ2v) is 6.66. The lowest BCUT2D eigenvalue weighted by Crippen LogP contribution is -2.49. The van der Waals surface area contributed by atoms with Crippen molar-refractivity contribution < 1.29 is 4.79 Å². The van der Waals surface area contributed by atoms with Crippen molar-refractivity contribution in [1.82, 2.24) is 19.7 Å². The van der Waals surface area contributed by atoms with Crippen LogP contribution >= 0.6 is 0 Å². The minimum atomic E-state index is 0.110. The Kier molecular flexibility index (Phi) is 4.55. The number of aryl methyl sites for hydroxylation is 1. The number of amides is 1. The standard InChI is InChI=1S/C18H25N5O/c1-13(2)15-5-7-16(8-6-15)17(24)22-9-11-23(12-10-22)18-20-19-14(3)21(18)4/h5-8,13H,9-12H2,1-4H3. The highest BCUT2D eigenvalue weighted by molar-refractivity contribution is 5.94. The van der Waals surface area contributed by atoms with E-state index < -0.39 is 0 Å². The third-order valence-corrected chi connectivity index (χ3v) is 4.74. The van der Waals surface area contributed by atoms with Crippen molar-refractivity contribution in [2.45, 2.75) is 26.7 Å². The molecule has 0 spiro atoms. The van der Waals surface area contributed by atoms with Crippen molar-refractivity contribution in [3.63, 3.8) is 0 Å². The molecular formula is C18H25N5O. The molecule has 1 aliphatic rings. The maximum atomic E-state index is 12.7. The van der Waals surface area contributed by atoms with Gasteiger partial charge in [0.15, 0.2) is 0 Å². The lowest BCUT2D eigenvalue weighted by atomic mass is 10.0. The average Bonchev–Trinajstić information content (AvgIpc) is 2.94.